The topological polar surface area (TPSA) is 41.1 Å². The standard InChI is InChI=1S/C16H21BrN2O.ClH/c17-14-5-3-13(4-6-14)16(7-1-2-8-16)15(20)19-11-12-9-18-10-12;/h3-6,12,18H,1-2,7-11H2,(H,19,20);1H. The molecule has 5 heteroatoms. The Bertz CT molecular complexity index is 482. The molecule has 1 saturated heterocycles. The lowest BCUT2D eigenvalue weighted by Crippen LogP contribution is -2.51. The summed E-state index contributed by atoms with van der Waals surface area (Å²) in [5, 5.41) is 6.44. The number of rotatable bonds is 4. The molecule has 2 N–H and O–H groups in total. The summed E-state index contributed by atoms with van der Waals surface area (Å²) in [7, 11) is 0. The Kier molecular flexibility index (Phi) is 5.69. The van der Waals surface area contributed by atoms with Gasteiger partial charge < -0.3 is 10.6 Å². The zero-order chi connectivity index (χ0) is 14.0. The second-order valence-corrected chi connectivity index (χ2v) is 6.95. The minimum Gasteiger partial charge on any atom is -0.355 e. The molecule has 1 saturated carbocycles. The van der Waals surface area contributed by atoms with Crippen LogP contribution in [0.4, 0.5) is 0 Å². The fraction of sp³-hybridized carbons (Fsp3) is 0.562. The second-order valence-electron chi connectivity index (χ2n) is 6.03. The summed E-state index contributed by atoms with van der Waals surface area (Å²) in [6.07, 6.45) is 4.25. The summed E-state index contributed by atoms with van der Waals surface area (Å²) in [5.41, 5.74) is 0.875. The first-order valence-electron chi connectivity index (χ1n) is 7.46. The van der Waals surface area contributed by atoms with Crippen LogP contribution in [0.2, 0.25) is 0 Å². The molecule has 0 spiro atoms. The van der Waals surface area contributed by atoms with Crippen molar-refractivity contribution in [1.29, 1.82) is 0 Å². The Hall–Kier alpha value is -0.580. The zero-order valence-electron chi connectivity index (χ0n) is 12.0. The van der Waals surface area contributed by atoms with E-state index in [2.05, 4.69) is 38.7 Å². The Labute approximate surface area is 140 Å². The molecular formula is C16H22BrClN2O. The highest BCUT2D eigenvalue weighted by molar-refractivity contribution is 9.10. The minimum atomic E-state index is -0.294. The molecule has 0 radical (unpaired) electrons. The van der Waals surface area contributed by atoms with Crippen LogP contribution in [0, 0.1) is 5.92 Å². The largest absolute Gasteiger partial charge is 0.355 e. The first-order chi connectivity index (χ1) is 9.71. The molecule has 116 valence electrons. The van der Waals surface area contributed by atoms with Crippen molar-refractivity contribution in [1.82, 2.24) is 10.6 Å². The van der Waals surface area contributed by atoms with E-state index in [1.165, 1.54) is 5.56 Å². The maximum atomic E-state index is 12.8. The molecule has 1 aromatic rings. The van der Waals surface area contributed by atoms with Gasteiger partial charge in [-0.25, -0.2) is 0 Å². The van der Waals surface area contributed by atoms with E-state index in [-0.39, 0.29) is 23.7 Å². The molecule has 0 aromatic heterocycles. The highest BCUT2D eigenvalue weighted by Crippen LogP contribution is 2.41. The van der Waals surface area contributed by atoms with E-state index in [1.54, 1.807) is 0 Å². The van der Waals surface area contributed by atoms with Crippen molar-refractivity contribution in [3.63, 3.8) is 0 Å². The van der Waals surface area contributed by atoms with Crippen LogP contribution in [0.15, 0.2) is 28.7 Å². The molecular weight excluding hydrogens is 352 g/mol. The van der Waals surface area contributed by atoms with Crippen molar-refractivity contribution in [2.75, 3.05) is 19.6 Å². The van der Waals surface area contributed by atoms with Gasteiger partial charge in [-0.2, -0.15) is 0 Å². The normalized spacial score (nSPS) is 20.4. The monoisotopic (exact) mass is 372 g/mol. The van der Waals surface area contributed by atoms with Crippen molar-refractivity contribution >= 4 is 34.2 Å². The summed E-state index contributed by atoms with van der Waals surface area (Å²) in [6, 6.07) is 8.27. The Balaban J connectivity index is 0.00000161. The lowest BCUT2D eigenvalue weighted by Gasteiger charge is -2.32. The Morgan fingerprint density at radius 2 is 1.86 bits per heavy atom. The number of benzene rings is 1. The van der Waals surface area contributed by atoms with Crippen LogP contribution in [-0.2, 0) is 10.2 Å². The molecule has 2 aliphatic rings. The Morgan fingerprint density at radius 3 is 2.38 bits per heavy atom. The van der Waals surface area contributed by atoms with E-state index in [0.29, 0.717) is 5.92 Å². The first kappa shape index (κ1) is 16.8. The number of carbonyl (C=O) groups excluding carboxylic acids is 1. The first-order valence-corrected chi connectivity index (χ1v) is 8.25. The highest BCUT2D eigenvalue weighted by Gasteiger charge is 2.42. The van der Waals surface area contributed by atoms with Crippen LogP contribution in [0.25, 0.3) is 0 Å². The number of hydrogen-bond acceptors (Lipinski definition) is 2. The van der Waals surface area contributed by atoms with Crippen LogP contribution in [0.5, 0.6) is 0 Å². The third-order valence-electron chi connectivity index (χ3n) is 4.71. The van der Waals surface area contributed by atoms with Gasteiger partial charge in [0, 0.05) is 30.0 Å². The lowest BCUT2D eigenvalue weighted by molar-refractivity contribution is -0.126. The second kappa shape index (κ2) is 7.12. The van der Waals surface area contributed by atoms with Gasteiger partial charge in [0.05, 0.1) is 5.41 Å². The summed E-state index contributed by atoms with van der Waals surface area (Å²) in [5.74, 6) is 0.839. The smallest absolute Gasteiger partial charge is 0.230 e. The maximum absolute atomic E-state index is 12.8. The zero-order valence-corrected chi connectivity index (χ0v) is 14.4. The van der Waals surface area contributed by atoms with E-state index >= 15 is 0 Å². The molecule has 1 aliphatic heterocycles. The van der Waals surface area contributed by atoms with Crippen molar-refractivity contribution in [2.45, 2.75) is 31.1 Å². The fourth-order valence-corrected chi connectivity index (χ4v) is 3.56. The maximum Gasteiger partial charge on any atom is 0.230 e. The predicted octanol–water partition coefficient (Wildman–Crippen LogP) is 3.02. The Morgan fingerprint density at radius 1 is 1.24 bits per heavy atom. The van der Waals surface area contributed by atoms with Crippen molar-refractivity contribution in [3.8, 4) is 0 Å². The number of nitrogens with one attached hydrogen (secondary N) is 2. The molecule has 1 heterocycles. The summed E-state index contributed by atoms with van der Waals surface area (Å²) >= 11 is 3.47. The number of hydrogen-bond donors (Lipinski definition) is 2. The van der Waals surface area contributed by atoms with Gasteiger partial charge in [0.2, 0.25) is 5.91 Å². The van der Waals surface area contributed by atoms with Crippen LogP contribution >= 0.6 is 28.3 Å². The SMILES string of the molecule is Cl.O=C(NCC1CNC1)C1(c2ccc(Br)cc2)CCCC1. The van der Waals surface area contributed by atoms with Gasteiger partial charge in [-0.15, -0.1) is 12.4 Å². The quantitative estimate of drug-likeness (QED) is 0.852. The predicted molar refractivity (Wildman–Crippen MR) is 90.9 cm³/mol. The average molecular weight is 374 g/mol. The molecule has 0 atom stereocenters. The summed E-state index contributed by atoms with van der Waals surface area (Å²) in [6.45, 7) is 2.88. The molecule has 1 aliphatic carbocycles. The van der Waals surface area contributed by atoms with Gasteiger partial charge in [-0.05, 0) is 30.5 Å². The number of carbonyl (C=O) groups is 1. The van der Waals surface area contributed by atoms with E-state index < -0.39 is 0 Å². The fourth-order valence-electron chi connectivity index (χ4n) is 3.29. The highest BCUT2D eigenvalue weighted by atomic mass is 79.9. The van der Waals surface area contributed by atoms with Gasteiger partial charge in [-0.1, -0.05) is 40.9 Å². The third-order valence-corrected chi connectivity index (χ3v) is 5.23. The molecule has 1 aromatic carbocycles. The molecule has 21 heavy (non-hydrogen) atoms. The van der Waals surface area contributed by atoms with Gasteiger partial charge in [-0.3, -0.25) is 4.79 Å². The van der Waals surface area contributed by atoms with Gasteiger partial charge in [0.25, 0.3) is 0 Å². The summed E-state index contributed by atoms with van der Waals surface area (Å²) < 4.78 is 1.07. The molecule has 0 unspecified atom stereocenters. The van der Waals surface area contributed by atoms with Gasteiger partial charge in [0.15, 0.2) is 0 Å². The molecule has 3 rings (SSSR count). The van der Waals surface area contributed by atoms with Crippen LogP contribution < -0.4 is 10.6 Å². The molecule has 0 bridgehead atoms. The van der Waals surface area contributed by atoms with E-state index in [1.807, 2.05) is 12.1 Å². The van der Waals surface area contributed by atoms with Crippen molar-refractivity contribution in [3.05, 3.63) is 34.3 Å². The van der Waals surface area contributed by atoms with Crippen LogP contribution in [0.1, 0.15) is 31.2 Å². The molecule has 3 nitrogen and oxygen atoms in total. The minimum absolute atomic E-state index is 0. The number of halogens is 2. The lowest BCUT2D eigenvalue weighted by atomic mass is 9.78. The third kappa shape index (κ3) is 3.43. The van der Waals surface area contributed by atoms with E-state index in [0.717, 1.165) is 49.8 Å². The van der Waals surface area contributed by atoms with Crippen molar-refractivity contribution < 1.29 is 4.79 Å². The molecule has 1 amide bonds. The summed E-state index contributed by atoms with van der Waals surface area (Å²) in [4.78, 5) is 12.8. The average Bonchev–Trinajstić information content (AvgIpc) is 2.88. The van der Waals surface area contributed by atoms with Crippen LogP contribution in [0.3, 0.4) is 0 Å². The van der Waals surface area contributed by atoms with Gasteiger partial charge >= 0.3 is 0 Å². The molecule has 2 fully saturated rings. The van der Waals surface area contributed by atoms with Crippen LogP contribution in [-0.4, -0.2) is 25.5 Å². The number of amides is 1. The van der Waals surface area contributed by atoms with E-state index in [4.69, 9.17) is 0 Å². The van der Waals surface area contributed by atoms with Crippen molar-refractivity contribution in [2.24, 2.45) is 5.92 Å². The van der Waals surface area contributed by atoms with Gasteiger partial charge in [0.1, 0.15) is 0 Å². The van der Waals surface area contributed by atoms with E-state index in [9.17, 15) is 4.79 Å².